The zero-order chi connectivity index (χ0) is 23.8. The SMILES string of the molecule is CCOP(=O)(OCC)OC1=C2CCC[C@@H]2[C@@H]2C(=O)N(c3ccccc3)C(=O)[C@@H]2[C@@H]1SC(C)=O. The van der Waals surface area contributed by atoms with Crippen molar-refractivity contribution in [1.82, 2.24) is 0 Å². The minimum atomic E-state index is -3.95. The van der Waals surface area contributed by atoms with Crippen LogP contribution in [0.15, 0.2) is 41.7 Å². The van der Waals surface area contributed by atoms with Crippen molar-refractivity contribution in [3.05, 3.63) is 41.7 Å². The monoisotopic (exact) mass is 493 g/mol. The number of phosphoric ester groups is 1. The molecule has 8 nitrogen and oxygen atoms in total. The Labute approximate surface area is 197 Å². The van der Waals surface area contributed by atoms with Crippen LogP contribution in [-0.4, -0.2) is 35.4 Å². The molecule has 0 N–H and O–H groups in total. The number of benzene rings is 1. The minimum absolute atomic E-state index is 0.110. The summed E-state index contributed by atoms with van der Waals surface area (Å²) in [5.41, 5.74) is 1.34. The molecule has 1 saturated carbocycles. The van der Waals surface area contributed by atoms with E-state index in [0.717, 1.165) is 30.2 Å². The number of anilines is 1. The summed E-state index contributed by atoms with van der Waals surface area (Å²) < 4.78 is 29.9. The van der Waals surface area contributed by atoms with Crippen molar-refractivity contribution in [2.24, 2.45) is 17.8 Å². The van der Waals surface area contributed by atoms with E-state index in [-0.39, 0.29) is 36.1 Å². The fraction of sp³-hybridized carbons (Fsp3) is 0.522. The standard InChI is InChI=1S/C23H28NO7PS/c1-4-29-32(28,30-5-2)31-20-17-13-9-12-16(17)18-19(21(20)33-14(3)25)23(27)24(22(18)26)15-10-7-6-8-11-15/h6-8,10-11,16,18-19,21H,4-5,9,12-13H2,1-3H3/t16-,18-,19-,21-/m0/s1. The van der Waals surface area contributed by atoms with Crippen molar-refractivity contribution in [3.63, 3.8) is 0 Å². The average molecular weight is 494 g/mol. The van der Waals surface area contributed by atoms with Crippen LogP contribution in [0.25, 0.3) is 0 Å². The lowest BCUT2D eigenvalue weighted by Gasteiger charge is -2.37. The molecule has 4 rings (SSSR count). The maximum atomic E-state index is 13.7. The van der Waals surface area contributed by atoms with Gasteiger partial charge >= 0.3 is 7.82 Å². The third kappa shape index (κ3) is 4.44. The average Bonchev–Trinajstić information content (AvgIpc) is 3.34. The number of carbonyl (C=O) groups is 3. The Kier molecular flexibility index (Phi) is 7.15. The van der Waals surface area contributed by atoms with E-state index in [1.165, 1.54) is 11.8 Å². The predicted molar refractivity (Wildman–Crippen MR) is 124 cm³/mol. The van der Waals surface area contributed by atoms with Crippen molar-refractivity contribution >= 4 is 42.2 Å². The summed E-state index contributed by atoms with van der Waals surface area (Å²) in [4.78, 5) is 40.7. The van der Waals surface area contributed by atoms with E-state index < -0.39 is 24.9 Å². The van der Waals surface area contributed by atoms with Gasteiger partial charge in [0, 0.05) is 6.92 Å². The molecule has 1 aliphatic heterocycles. The summed E-state index contributed by atoms with van der Waals surface area (Å²) in [6.07, 6.45) is 2.17. The molecular weight excluding hydrogens is 465 g/mol. The molecule has 0 unspecified atom stereocenters. The van der Waals surface area contributed by atoms with E-state index in [4.69, 9.17) is 13.6 Å². The molecule has 0 aromatic heterocycles. The highest BCUT2D eigenvalue weighted by molar-refractivity contribution is 8.14. The predicted octanol–water partition coefficient (Wildman–Crippen LogP) is 4.71. The largest absolute Gasteiger partial charge is 0.529 e. The summed E-state index contributed by atoms with van der Waals surface area (Å²) in [5, 5.41) is -1.01. The molecule has 1 aromatic carbocycles. The van der Waals surface area contributed by atoms with Crippen LogP contribution in [0.2, 0.25) is 0 Å². The Bertz CT molecular complexity index is 1020. The Hall–Kier alpha value is -1.93. The van der Waals surface area contributed by atoms with E-state index in [2.05, 4.69) is 0 Å². The van der Waals surface area contributed by atoms with Crippen LogP contribution in [0, 0.1) is 17.8 Å². The number of hydrogen-bond acceptors (Lipinski definition) is 8. The Morgan fingerprint density at radius 3 is 2.33 bits per heavy atom. The highest BCUT2D eigenvalue weighted by Crippen LogP contribution is 2.60. The van der Waals surface area contributed by atoms with Gasteiger partial charge in [0.05, 0.1) is 36.0 Å². The summed E-state index contributed by atoms with van der Waals surface area (Å²) in [7, 11) is -3.95. The van der Waals surface area contributed by atoms with Gasteiger partial charge in [-0.3, -0.25) is 23.4 Å². The van der Waals surface area contributed by atoms with Gasteiger partial charge in [0.2, 0.25) is 11.8 Å². The number of imide groups is 1. The van der Waals surface area contributed by atoms with Crippen LogP contribution in [-0.2, 0) is 32.5 Å². The quantitative estimate of drug-likeness (QED) is 0.379. The van der Waals surface area contributed by atoms with Gasteiger partial charge in [-0.2, -0.15) is 0 Å². The summed E-state index contributed by atoms with van der Waals surface area (Å²) in [5.74, 6) is -1.92. The van der Waals surface area contributed by atoms with Crippen molar-refractivity contribution < 1.29 is 32.5 Å². The van der Waals surface area contributed by atoms with Gasteiger partial charge in [0.15, 0.2) is 5.12 Å². The van der Waals surface area contributed by atoms with Gasteiger partial charge in [0.1, 0.15) is 5.76 Å². The second-order valence-electron chi connectivity index (χ2n) is 8.19. The van der Waals surface area contributed by atoms with Gasteiger partial charge in [-0.15, -0.1) is 0 Å². The van der Waals surface area contributed by atoms with Gasteiger partial charge in [0.25, 0.3) is 0 Å². The lowest BCUT2D eigenvalue weighted by Crippen LogP contribution is -2.40. The first-order valence-electron chi connectivity index (χ1n) is 11.2. The first kappa shape index (κ1) is 24.2. The minimum Gasteiger partial charge on any atom is -0.407 e. The van der Waals surface area contributed by atoms with E-state index in [1.807, 2.05) is 6.07 Å². The molecule has 1 aromatic rings. The molecule has 2 amide bonds. The number of carbonyl (C=O) groups excluding carboxylic acids is 3. The number of phosphoric acid groups is 1. The number of nitrogens with zero attached hydrogens (tertiary/aromatic N) is 1. The summed E-state index contributed by atoms with van der Waals surface area (Å²) in [6.45, 7) is 4.99. The highest BCUT2D eigenvalue weighted by atomic mass is 32.2. The Morgan fingerprint density at radius 2 is 1.73 bits per heavy atom. The molecule has 10 heteroatoms. The van der Waals surface area contributed by atoms with Crippen LogP contribution in [0.4, 0.5) is 5.69 Å². The molecule has 2 aliphatic carbocycles. The van der Waals surface area contributed by atoms with Crippen LogP contribution in [0.5, 0.6) is 0 Å². The van der Waals surface area contributed by atoms with Crippen LogP contribution in [0.1, 0.15) is 40.0 Å². The smallest absolute Gasteiger partial charge is 0.407 e. The van der Waals surface area contributed by atoms with Gasteiger partial charge in [-0.05, 0) is 56.7 Å². The van der Waals surface area contributed by atoms with Gasteiger partial charge in [-0.1, -0.05) is 30.0 Å². The lowest BCUT2D eigenvalue weighted by molar-refractivity contribution is -0.122. The molecule has 33 heavy (non-hydrogen) atoms. The third-order valence-corrected chi connectivity index (χ3v) is 8.90. The van der Waals surface area contributed by atoms with Crippen molar-refractivity contribution in [2.75, 3.05) is 18.1 Å². The zero-order valence-corrected chi connectivity index (χ0v) is 20.6. The second kappa shape index (κ2) is 9.74. The number of allylic oxidation sites excluding steroid dienone is 1. The molecule has 1 saturated heterocycles. The summed E-state index contributed by atoms with van der Waals surface area (Å²) >= 11 is 0.935. The molecule has 0 bridgehead atoms. The first-order chi connectivity index (χ1) is 15.8. The topological polar surface area (TPSA) is 99.2 Å². The number of para-hydroxylation sites is 1. The van der Waals surface area contributed by atoms with Gasteiger partial charge in [-0.25, -0.2) is 9.46 Å². The highest BCUT2D eigenvalue weighted by Gasteiger charge is 2.61. The maximum Gasteiger partial charge on any atom is 0.529 e. The number of hydrogen-bond donors (Lipinski definition) is 0. The zero-order valence-electron chi connectivity index (χ0n) is 18.9. The third-order valence-electron chi connectivity index (χ3n) is 6.23. The van der Waals surface area contributed by atoms with Crippen molar-refractivity contribution in [2.45, 2.75) is 45.3 Å². The molecule has 178 valence electrons. The van der Waals surface area contributed by atoms with Gasteiger partial charge < -0.3 is 4.52 Å². The van der Waals surface area contributed by atoms with E-state index in [0.29, 0.717) is 17.9 Å². The van der Waals surface area contributed by atoms with E-state index in [1.54, 1.807) is 38.1 Å². The molecule has 1 heterocycles. The van der Waals surface area contributed by atoms with Crippen LogP contribution in [0.3, 0.4) is 0 Å². The summed E-state index contributed by atoms with van der Waals surface area (Å²) in [6, 6.07) is 8.80. The number of thioether (sulfide) groups is 1. The Morgan fingerprint density at radius 1 is 1.09 bits per heavy atom. The molecule has 0 spiro atoms. The maximum absolute atomic E-state index is 13.7. The number of amides is 2. The van der Waals surface area contributed by atoms with Crippen molar-refractivity contribution in [3.8, 4) is 0 Å². The number of rotatable bonds is 8. The number of fused-ring (bicyclic) bond motifs is 3. The molecule has 0 radical (unpaired) electrons. The van der Waals surface area contributed by atoms with Crippen LogP contribution >= 0.6 is 19.6 Å². The lowest BCUT2D eigenvalue weighted by atomic mass is 9.73. The van der Waals surface area contributed by atoms with E-state index >= 15 is 0 Å². The molecule has 4 atom stereocenters. The molecule has 3 aliphatic rings. The second-order valence-corrected chi connectivity index (χ2v) is 11.1. The van der Waals surface area contributed by atoms with E-state index in [9.17, 15) is 18.9 Å². The first-order valence-corrected chi connectivity index (χ1v) is 13.6. The molecular formula is C23H28NO7PS. The molecule has 2 fully saturated rings. The fourth-order valence-corrected chi connectivity index (χ4v) is 7.60. The Balaban J connectivity index is 1.80. The fourth-order valence-electron chi connectivity index (χ4n) is 5.15. The van der Waals surface area contributed by atoms with Crippen LogP contribution < -0.4 is 4.90 Å². The van der Waals surface area contributed by atoms with Crippen molar-refractivity contribution in [1.29, 1.82) is 0 Å². The normalized spacial score (nSPS) is 27.1.